The van der Waals surface area contributed by atoms with Crippen LogP contribution in [-0.2, 0) is 52.3 Å². The first-order valence-electron chi connectivity index (χ1n) is 27.6. The van der Waals surface area contributed by atoms with Crippen molar-refractivity contribution >= 4 is 17.9 Å². The first-order chi connectivity index (χ1) is 36.8. The van der Waals surface area contributed by atoms with Crippen molar-refractivity contribution in [1.82, 2.24) is 0 Å². The molecule has 8 aliphatic rings. The highest BCUT2D eigenvalue weighted by Gasteiger charge is 2.76. The Bertz CT molecular complexity index is 2310. The Labute approximate surface area is 459 Å². The molecule has 0 radical (unpaired) electrons. The van der Waals surface area contributed by atoms with Gasteiger partial charge in [0.15, 0.2) is 31.1 Å². The van der Waals surface area contributed by atoms with Crippen molar-refractivity contribution in [2.75, 3.05) is 19.8 Å². The van der Waals surface area contributed by atoms with Gasteiger partial charge in [-0.15, -0.1) is 0 Å². The number of aliphatic carboxylic acids is 1. The van der Waals surface area contributed by atoms with Gasteiger partial charge >= 0.3 is 17.9 Å². The summed E-state index contributed by atoms with van der Waals surface area (Å²) in [5, 5.41) is 145. The summed E-state index contributed by atoms with van der Waals surface area (Å²) in [6.07, 6.45) is -28.8. The van der Waals surface area contributed by atoms with Gasteiger partial charge < -0.3 is 104 Å². The maximum Gasteiger partial charge on any atom is 0.335 e. The molecule has 13 N–H and O–H groups in total. The number of hydrogen-bond donors (Lipinski definition) is 13. The van der Waals surface area contributed by atoms with E-state index < -0.39 is 199 Å². The summed E-state index contributed by atoms with van der Waals surface area (Å²) in [5.74, 6) is -4.07. The van der Waals surface area contributed by atoms with Crippen LogP contribution in [0.15, 0.2) is 23.3 Å². The number of carbonyl (C=O) groups excluding carboxylic acids is 2. The number of rotatable bonds is 13. The number of allylic oxidation sites excluding steroid dienone is 2. The molecule has 3 aliphatic heterocycles. The Morgan fingerprint density at radius 2 is 1.23 bits per heavy atom. The van der Waals surface area contributed by atoms with Gasteiger partial charge in [-0.25, -0.2) is 9.59 Å². The highest BCUT2D eigenvalue weighted by molar-refractivity contribution is 5.88. The molecule has 450 valence electrons. The molecule has 7 fully saturated rings. The van der Waals surface area contributed by atoms with Crippen LogP contribution >= 0.6 is 0 Å². The van der Waals surface area contributed by atoms with Gasteiger partial charge in [-0.05, 0) is 86.4 Å². The van der Waals surface area contributed by atoms with E-state index in [1.54, 1.807) is 19.9 Å². The van der Waals surface area contributed by atoms with Crippen molar-refractivity contribution in [2.24, 2.45) is 50.2 Å². The SMILES string of the molecule is C/C=C(/C)C(=O)O[C@H]1[C@H](OC(C)=O)C(C)(C)C[C@H]2C3=CC[C@@H]4[C@@]5(C)CC[C@H](O[C@@H]6O[C@H](C(=O)O)[C@@H](O)[C@H](O[C@@H]7O[C@H](CO)[C@H](O)[C@H](O)[C@H]7O)[C@H]6O[C@@H]6O[C@H](CO)[C@@H](O)[C@H](O)[C@H]6O)C(C)(C)[C@@H]5CC[C@@]4(C)[C@]3(C)[C@@H](O)[C@@H](O)[C@]21CO. The van der Waals surface area contributed by atoms with Crippen LogP contribution in [0.4, 0.5) is 0 Å². The zero-order valence-electron chi connectivity index (χ0n) is 46.6. The molecule has 0 amide bonds. The van der Waals surface area contributed by atoms with E-state index in [9.17, 15) is 80.8 Å². The number of ether oxygens (including phenoxy) is 8. The van der Waals surface area contributed by atoms with Crippen LogP contribution in [0.2, 0.25) is 0 Å². The number of aliphatic hydroxyl groups excluding tert-OH is 12. The van der Waals surface area contributed by atoms with Crippen molar-refractivity contribution in [3.63, 3.8) is 0 Å². The van der Waals surface area contributed by atoms with Gasteiger partial charge in [0.1, 0.15) is 73.2 Å². The minimum absolute atomic E-state index is 0.163. The monoisotopic (exact) mass is 1130 g/mol. The van der Waals surface area contributed by atoms with E-state index in [0.717, 1.165) is 5.57 Å². The molecule has 24 nitrogen and oxygen atoms in total. The molecule has 8 rings (SSSR count). The van der Waals surface area contributed by atoms with E-state index >= 15 is 0 Å². The van der Waals surface area contributed by atoms with Crippen LogP contribution in [0.1, 0.15) is 108 Å². The predicted octanol–water partition coefficient (Wildman–Crippen LogP) is -1.32. The van der Waals surface area contributed by atoms with Crippen LogP contribution in [0, 0.1) is 50.2 Å². The topological polar surface area (TPSA) is 388 Å². The van der Waals surface area contributed by atoms with Crippen LogP contribution in [0.3, 0.4) is 0 Å². The van der Waals surface area contributed by atoms with Crippen molar-refractivity contribution in [3.8, 4) is 0 Å². The maximum absolute atomic E-state index is 13.7. The number of carbonyl (C=O) groups is 3. The van der Waals surface area contributed by atoms with Gasteiger partial charge in [-0.2, -0.15) is 0 Å². The number of aliphatic hydroxyl groups is 12. The molecule has 3 heterocycles. The second-order valence-electron chi connectivity index (χ2n) is 25.7. The molecule has 3 saturated heterocycles. The van der Waals surface area contributed by atoms with Crippen LogP contribution < -0.4 is 0 Å². The molecule has 0 spiro atoms. The normalized spacial score (nSPS) is 50.4. The average molecular weight is 1130 g/mol. The van der Waals surface area contributed by atoms with Crippen molar-refractivity contribution < 1.29 is 119 Å². The Kier molecular flexibility index (Phi) is 17.6. The standard InChI is InChI=1S/C55H86O24/c1-11-22(2)46(71)79-44-43(72-23(3)59)50(4,5)18-25-24-12-13-29-52(8)16-15-30(51(6,7)28(52)14-17-53(29,9)54(24,10)41(67)42(68)55(25,44)21-58)75-49-40(78-48-36(65)34(63)32(61)27(20-57)74-48)38(37(66)39(77-49)45(69)70)76-47-35(64)33(62)31(60)26(19-56)73-47/h11-12,25-44,47-49,56-58,60-68H,13-21H2,1-10H3,(H,69,70)/b22-11-/t25-,26+,27+,28-,29+,30-,31-,32+,33-,34-,35+,36+,37-,38-,39-,40+,41-,42+,43-,44-,47-,48-,49+,52-,53+,54-,55-/m0/s1. The largest absolute Gasteiger partial charge is 0.479 e. The van der Waals surface area contributed by atoms with E-state index in [-0.39, 0.29) is 23.8 Å². The van der Waals surface area contributed by atoms with E-state index in [1.807, 2.05) is 34.6 Å². The number of esters is 2. The zero-order chi connectivity index (χ0) is 58.6. The predicted molar refractivity (Wildman–Crippen MR) is 269 cm³/mol. The van der Waals surface area contributed by atoms with E-state index in [0.29, 0.717) is 32.1 Å². The molecule has 24 heteroatoms. The molecule has 0 aromatic rings. The number of carboxylic acid groups (broad SMARTS) is 1. The van der Waals surface area contributed by atoms with Gasteiger partial charge in [0.25, 0.3) is 0 Å². The van der Waals surface area contributed by atoms with E-state index in [1.165, 1.54) is 6.92 Å². The zero-order valence-corrected chi connectivity index (χ0v) is 46.6. The summed E-state index contributed by atoms with van der Waals surface area (Å²) >= 11 is 0. The number of carboxylic acids is 1. The molecule has 0 aromatic carbocycles. The fraction of sp³-hybridized carbons (Fsp3) is 0.873. The third kappa shape index (κ3) is 9.75. The molecule has 0 aromatic heterocycles. The lowest BCUT2D eigenvalue weighted by atomic mass is 9.32. The molecule has 27 atom stereocenters. The summed E-state index contributed by atoms with van der Waals surface area (Å²) in [5.41, 5.74) is -4.71. The quantitative estimate of drug-likeness (QED) is 0.0440. The van der Waals surface area contributed by atoms with Gasteiger partial charge in [0.05, 0.1) is 43.5 Å². The first kappa shape index (κ1) is 62.2. The molecular formula is C55H86O24. The Morgan fingerprint density at radius 3 is 1.75 bits per heavy atom. The van der Waals surface area contributed by atoms with Gasteiger partial charge in [0, 0.05) is 23.3 Å². The van der Waals surface area contributed by atoms with E-state index in [4.69, 9.17) is 37.9 Å². The maximum atomic E-state index is 13.7. The number of hydrogen-bond acceptors (Lipinski definition) is 23. The second kappa shape index (κ2) is 22.3. The summed E-state index contributed by atoms with van der Waals surface area (Å²) < 4.78 is 48.6. The summed E-state index contributed by atoms with van der Waals surface area (Å²) in [4.78, 5) is 39.3. The first-order valence-corrected chi connectivity index (χ1v) is 27.6. The lowest BCUT2D eigenvalue weighted by Crippen LogP contribution is -2.76. The third-order valence-electron chi connectivity index (χ3n) is 21.0. The summed E-state index contributed by atoms with van der Waals surface area (Å²) in [6, 6.07) is 0. The Balaban J connectivity index is 1.14. The smallest absolute Gasteiger partial charge is 0.335 e. The van der Waals surface area contributed by atoms with Crippen LogP contribution in [0.5, 0.6) is 0 Å². The van der Waals surface area contributed by atoms with Crippen molar-refractivity contribution in [3.05, 3.63) is 23.3 Å². The molecule has 79 heavy (non-hydrogen) atoms. The average Bonchev–Trinajstić information content (AvgIpc) is 3.59. The third-order valence-corrected chi connectivity index (χ3v) is 21.0. The lowest BCUT2D eigenvalue weighted by Gasteiger charge is -2.73. The van der Waals surface area contributed by atoms with Gasteiger partial charge in [-0.1, -0.05) is 66.2 Å². The minimum atomic E-state index is -2.20. The highest BCUT2D eigenvalue weighted by Crippen LogP contribution is 2.76. The molecular weight excluding hydrogens is 1040 g/mol. The fourth-order valence-electron chi connectivity index (χ4n) is 16.3. The second-order valence-corrected chi connectivity index (χ2v) is 25.7. The molecule has 0 unspecified atom stereocenters. The number of fused-ring (bicyclic) bond motifs is 7. The molecule has 0 bridgehead atoms. The van der Waals surface area contributed by atoms with Crippen LogP contribution in [0.25, 0.3) is 0 Å². The van der Waals surface area contributed by atoms with E-state index in [2.05, 4.69) is 19.9 Å². The highest BCUT2D eigenvalue weighted by atomic mass is 16.8. The Hall–Kier alpha value is -2.83. The van der Waals surface area contributed by atoms with Crippen LogP contribution in [-0.4, -0.2) is 227 Å². The Morgan fingerprint density at radius 1 is 0.658 bits per heavy atom. The van der Waals surface area contributed by atoms with Crippen molar-refractivity contribution in [2.45, 2.75) is 230 Å². The fourth-order valence-corrected chi connectivity index (χ4v) is 16.3. The molecule has 4 saturated carbocycles. The van der Waals surface area contributed by atoms with Gasteiger partial charge in [-0.3, -0.25) is 4.79 Å². The van der Waals surface area contributed by atoms with Crippen molar-refractivity contribution in [1.29, 1.82) is 0 Å². The lowest BCUT2D eigenvalue weighted by molar-refractivity contribution is -0.396. The summed E-state index contributed by atoms with van der Waals surface area (Å²) in [6.45, 7) is 16.1. The minimum Gasteiger partial charge on any atom is -0.479 e. The summed E-state index contributed by atoms with van der Waals surface area (Å²) in [7, 11) is 0. The van der Waals surface area contributed by atoms with Gasteiger partial charge in [0.2, 0.25) is 0 Å². The molecule has 5 aliphatic carbocycles.